The monoisotopic (exact) mass is 276 g/mol. The molecule has 0 atom stereocenters. The molecule has 112 valence electrons. The van der Waals surface area contributed by atoms with Crippen molar-refractivity contribution in [2.24, 2.45) is 5.41 Å². The molecule has 1 fully saturated rings. The predicted octanol–water partition coefficient (Wildman–Crippen LogP) is 4.88. The SMILES string of the molecule is CCCC[C@]1(C)CO[C@@H](c2ccc(CCC)cc2)OC1. The summed E-state index contributed by atoms with van der Waals surface area (Å²) in [5.41, 5.74) is 2.72. The summed E-state index contributed by atoms with van der Waals surface area (Å²) in [6.45, 7) is 8.30. The molecule has 20 heavy (non-hydrogen) atoms. The lowest BCUT2D eigenvalue weighted by atomic mass is 9.86. The Bertz CT molecular complexity index is 388. The van der Waals surface area contributed by atoms with Crippen LogP contribution in [0.25, 0.3) is 0 Å². The highest BCUT2D eigenvalue weighted by Gasteiger charge is 2.32. The van der Waals surface area contributed by atoms with Crippen LogP contribution in [-0.2, 0) is 15.9 Å². The number of benzene rings is 1. The lowest BCUT2D eigenvalue weighted by Gasteiger charge is -2.37. The van der Waals surface area contributed by atoms with Gasteiger partial charge in [-0.1, -0.05) is 64.3 Å². The van der Waals surface area contributed by atoms with Gasteiger partial charge in [0.2, 0.25) is 0 Å². The van der Waals surface area contributed by atoms with Crippen LogP contribution in [0.5, 0.6) is 0 Å². The zero-order valence-electron chi connectivity index (χ0n) is 13.2. The molecule has 2 rings (SSSR count). The third kappa shape index (κ3) is 4.07. The molecule has 2 heteroatoms. The molecule has 0 aliphatic carbocycles. The van der Waals surface area contributed by atoms with Gasteiger partial charge in [0, 0.05) is 11.0 Å². The average Bonchev–Trinajstić information content (AvgIpc) is 2.47. The number of unbranched alkanes of at least 4 members (excludes halogenated alkanes) is 1. The molecule has 0 aromatic heterocycles. The summed E-state index contributed by atoms with van der Waals surface area (Å²) < 4.78 is 11.9. The van der Waals surface area contributed by atoms with E-state index in [0.29, 0.717) is 0 Å². The second-order valence-corrected chi connectivity index (χ2v) is 6.36. The van der Waals surface area contributed by atoms with Crippen molar-refractivity contribution in [2.45, 2.75) is 59.2 Å². The minimum absolute atomic E-state index is 0.180. The highest BCUT2D eigenvalue weighted by molar-refractivity contribution is 5.23. The molecule has 0 bridgehead atoms. The molecule has 0 N–H and O–H groups in total. The highest BCUT2D eigenvalue weighted by Crippen LogP contribution is 2.35. The van der Waals surface area contributed by atoms with Gasteiger partial charge in [0.1, 0.15) is 0 Å². The van der Waals surface area contributed by atoms with Gasteiger partial charge in [0.05, 0.1) is 13.2 Å². The Morgan fingerprint density at radius 2 is 1.70 bits per heavy atom. The van der Waals surface area contributed by atoms with Crippen LogP contribution >= 0.6 is 0 Å². The van der Waals surface area contributed by atoms with Crippen molar-refractivity contribution in [2.75, 3.05) is 13.2 Å². The molecule has 1 aromatic rings. The van der Waals surface area contributed by atoms with E-state index in [9.17, 15) is 0 Å². The molecule has 1 aromatic carbocycles. The molecule has 0 unspecified atom stereocenters. The predicted molar refractivity (Wildman–Crippen MR) is 82.7 cm³/mol. The fourth-order valence-corrected chi connectivity index (χ4v) is 2.71. The Hall–Kier alpha value is -0.860. The fraction of sp³-hybridized carbons (Fsp3) is 0.667. The molecular weight excluding hydrogens is 248 g/mol. The number of rotatable bonds is 6. The minimum Gasteiger partial charge on any atom is -0.348 e. The van der Waals surface area contributed by atoms with E-state index < -0.39 is 0 Å². The number of aryl methyl sites for hydroxylation is 1. The Balaban J connectivity index is 1.89. The number of hydrogen-bond acceptors (Lipinski definition) is 2. The Labute approximate surface area is 123 Å². The lowest BCUT2D eigenvalue weighted by Crippen LogP contribution is -2.36. The van der Waals surface area contributed by atoms with Crippen molar-refractivity contribution in [1.82, 2.24) is 0 Å². The summed E-state index contributed by atoms with van der Waals surface area (Å²) in [6, 6.07) is 8.67. The molecular formula is C18H28O2. The van der Waals surface area contributed by atoms with E-state index in [1.807, 2.05) is 0 Å². The van der Waals surface area contributed by atoms with Gasteiger partial charge in [0.15, 0.2) is 6.29 Å². The van der Waals surface area contributed by atoms with Crippen LogP contribution in [0.3, 0.4) is 0 Å². The van der Waals surface area contributed by atoms with Gasteiger partial charge in [-0.3, -0.25) is 0 Å². The van der Waals surface area contributed by atoms with E-state index in [4.69, 9.17) is 9.47 Å². The zero-order chi connectivity index (χ0) is 14.4. The van der Waals surface area contributed by atoms with E-state index >= 15 is 0 Å². The second kappa shape index (κ2) is 7.24. The quantitative estimate of drug-likeness (QED) is 0.737. The Morgan fingerprint density at radius 3 is 2.25 bits per heavy atom. The normalized spacial score (nSPS) is 26.6. The van der Waals surface area contributed by atoms with Gasteiger partial charge in [0.25, 0.3) is 0 Å². The van der Waals surface area contributed by atoms with Crippen molar-refractivity contribution < 1.29 is 9.47 Å². The van der Waals surface area contributed by atoms with Crippen LogP contribution in [-0.4, -0.2) is 13.2 Å². The van der Waals surface area contributed by atoms with Gasteiger partial charge < -0.3 is 9.47 Å². The maximum Gasteiger partial charge on any atom is 0.183 e. The number of hydrogen-bond donors (Lipinski definition) is 0. The summed E-state index contributed by atoms with van der Waals surface area (Å²) in [7, 11) is 0. The standard InChI is InChI=1S/C18H28O2/c1-4-6-12-18(3)13-19-17(20-14-18)16-10-8-15(7-5-2)9-11-16/h8-11,17H,4-7,12-14H2,1-3H3/t17-,18-. The molecule has 1 saturated heterocycles. The third-order valence-electron chi connectivity index (χ3n) is 4.09. The molecule has 0 spiro atoms. The van der Waals surface area contributed by atoms with Crippen LogP contribution in [0.1, 0.15) is 63.9 Å². The maximum absolute atomic E-state index is 5.95. The average molecular weight is 276 g/mol. The van der Waals surface area contributed by atoms with Gasteiger partial charge in [-0.25, -0.2) is 0 Å². The largest absolute Gasteiger partial charge is 0.348 e. The smallest absolute Gasteiger partial charge is 0.183 e. The van der Waals surface area contributed by atoms with Gasteiger partial charge in [-0.2, -0.15) is 0 Å². The molecule has 0 saturated carbocycles. The second-order valence-electron chi connectivity index (χ2n) is 6.36. The van der Waals surface area contributed by atoms with Crippen molar-refractivity contribution in [3.8, 4) is 0 Å². The first-order valence-corrected chi connectivity index (χ1v) is 7.99. The molecule has 2 nitrogen and oxygen atoms in total. The summed E-state index contributed by atoms with van der Waals surface area (Å²) in [5.74, 6) is 0. The molecule has 1 aliphatic rings. The van der Waals surface area contributed by atoms with Gasteiger partial charge in [-0.05, 0) is 18.4 Å². The van der Waals surface area contributed by atoms with E-state index in [0.717, 1.165) is 25.2 Å². The first kappa shape index (κ1) is 15.5. The van der Waals surface area contributed by atoms with Crippen LogP contribution < -0.4 is 0 Å². The lowest BCUT2D eigenvalue weighted by molar-refractivity contribution is -0.231. The number of ether oxygens (including phenoxy) is 2. The Kier molecular flexibility index (Phi) is 5.62. The molecule has 1 aliphatic heterocycles. The highest BCUT2D eigenvalue weighted by atomic mass is 16.7. The van der Waals surface area contributed by atoms with Crippen LogP contribution in [0.2, 0.25) is 0 Å². The molecule has 0 amide bonds. The van der Waals surface area contributed by atoms with E-state index in [1.54, 1.807) is 0 Å². The van der Waals surface area contributed by atoms with Gasteiger partial charge in [-0.15, -0.1) is 0 Å². The summed E-state index contributed by atoms with van der Waals surface area (Å²) in [5, 5.41) is 0. The topological polar surface area (TPSA) is 18.5 Å². The van der Waals surface area contributed by atoms with Crippen molar-refractivity contribution in [3.05, 3.63) is 35.4 Å². The van der Waals surface area contributed by atoms with Gasteiger partial charge >= 0.3 is 0 Å². The van der Waals surface area contributed by atoms with Crippen molar-refractivity contribution in [1.29, 1.82) is 0 Å². The van der Waals surface area contributed by atoms with Crippen LogP contribution in [0.4, 0.5) is 0 Å². The van der Waals surface area contributed by atoms with Crippen LogP contribution in [0.15, 0.2) is 24.3 Å². The molecule has 1 heterocycles. The fourth-order valence-electron chi connectivity index (χ4n) is 2.71. The summed E-state index contributed by atoms with van der Waals surface area (Å²) in [4.78, 5) is 0. The zero-order valence-corrected chi connectivity index (χ0v) is 13.2. The van der Waals surface area contributed by atoms with Crippen molar-refractivity contribution >= 4 is 0 Å². The minimum atomic E-state index is -0.180. The van der Waals surface area contributed by atoms with E-state index in [1.165, 1.54) is 31.2 Å². The Morgan fingerprint density at radius 1 is 1.05 bits per heavy atom. The van der Waals surface area contributed by atoms with Crippen LogP contribution in [0, 0.1) is 5.41 Å². The van der Waals surface area contributed by atoms with E-state index in [2.05, 4.69) is 45.0 Å². The maximum atomic E-state index is 5.95. The summed E-state index contributed by atoms with van der Waals surface area (Å²) in [6.07, 6.45) is 5.82. The first-order valence-electron chi connectivity index (χ1n) is 7.99. The van der Waals surface area contributed by atoms with Crippen molar-refractivity contribution in [3.63, 3.8) is 0 Å². The summed E-state index contributed by atoms with van der Waals surface area (Å²) >= 11 is 0. The van der Waals surface area contributed by atoms with E-state index in [-0.39, 0.29) is 11.7 Å². The molecule has 0 radical (unpaired) electrons. The first-order chi connectivity index (χ1) is 9.67. The third-order valence-corrected chi connectivity index (χ3v) is 4.09.